The summed E-state index contributed by atoms with van der Waals surface area (Å²) in [5.41, 5.74) is 0.858. The monoisotopic (exact) mass is 308 g/mol. The van der Waals surface area contributed by atoms with E-state index < -0.39 is 6.10 Å². The predicted molar refractivity (Wildman–Crippen MR) is 80.3 cm³/mol. The summed E-state index contributed by atoms with van der Waals surface area (Å²) in [6.45, 7) is 2.87. The van der Waals surface area contributed by atoms with Gasteiger partial charge in [0.15, 0.2) is 6.10 Å². The molecule has 22 heavy (non-hydrogen) atoms. The maximum Gasteiger partial charge on any atom is 0.251 e. The third-order valence-electron chi connectivity index (χ3n) is 4.05. The molecule has 2 saturated heterocycles. The molecule has 0 saturated carbocycles. The first-order valence-corrected chi connectivity index (χ1v) is 7.72. The van der Waals surface area contributed by atoms with Crippen LogP contribution in [0.2, 0.25) is 0 Å². The molecule has 2 atom stereocenters. The Morgan fingerprint density at radius 2 is 2.27 bits per heavy atom. The van der Waals surface area contributed by atoms with Crippen molar-refractivity contribution in [3.63, 3.8) is 0 Å². The summed E-state index contributed by atoms with van der Waals surface area (Å²) in [4.78, 5) is 14.3. The average molecular weight is 308 g/mol. The van der Waals surface area contributed by atoms with E-state index in [-0.39, 0.29) is 17.8 Å². The van der Waals surface area contributed by atoms with Crippen LogP contribution in [0.5, 0.6) is 0 Å². The van der Waals surface area contributed by atoms with Crippen molar-refractivity contribution in [3.05, 3.63) is 30.1 Å². The molecule has 120 valence electrons. The highest BCUT2D eigenvalue weighted by atomic mass is 19.1. The van der Waals surface area contributed by atoms with Gasteiger partial charge in [-0.3, -0.25) is 4.79 Å². The van der Waals surface area contributed by atoms with E-state index in [1.54, 1.807) is 6.07 Å². The molecule has 2 aliphatic heterocycles. The number of anilines is 1. The van der Waals surface area contributed by atoms with Crippen molar-refractivity contribution in [3.8, 4) is 0 Å². The molecule has 2 aliphatic rings. The molecule has 1 amide bonds. The minimum absolute atomic E-state index is 0.0510. The van der Waals surface area contributed by atoms with Crippen LogP contribution in [0, 0.1) is 5.82 Å². The van der Waals surface area contributed by atoms with Crippen LogP contribution < -0.4 is 10.2 Å². The summed E-state index contributed by atoms with van der Waals surface area (Å²) in [6, 6.07) is 6.62. The lowest BCUT2D eigenvalue weighted by Gasteiger charge is -2.35. The molecule has 0 radical (unpaired) electrons. The quantitative estimate of drug-likeness (QED) is 0.915. The second-order valence-electron chi connectivity index (χ2n) is 5.71. The number of carbonyl (C=O) groups is 1. The summed E-state index contributed by atoms with van der Waals surface area (Å²) in [7, 11) is 0. The van der Waals surface area contributed by atoms with Gasteiger partial charge in [0.1, 0.15) is 5.82 Å². The maximum absolute atomic E-state index is 13.3. The Hall–Kier alpha value is -1.66. The van der Waals surface area contributed by atoms with Crippen LogP contribution in [0.4, 0.5) is 10.1 Å². The van der Waals surface area contributed by atoms with E-state index in [4.69, 9.17) is 9.47 Å². The fourth-order valence-electron chi connectivity index (χ4n) is 2.94. The highest BCUT2D eigenvalue weighted by Gasteiger charge is 2.27. The van der Waals surface area contributed by atoms with Crippen molar-refractivity contribution in [1.82, 2.24) is 5.32 Å². The van der Waals surface area contributed by atoms with Crippen LogP contribution in [0.1, 0.15) is 12.8 Å². The van der Waals surface area contributed by atoms with Crippen LogP contribution in [0.15, 0.2) is 24.3 Å². The summed E-state index contributed by atoms with van der Waals surface area (Å²) in [6.07, 6.45) is 1.37. The van der Waals surface area contributed by atoms with E-state index in [9.17, 15) is 9.18 Å². The normalized spacial score (nSPS) is 25.8. The standard InChI is InChI=1S/C16H21FN2O3/c17-12-3-1-5-14(9-12)19-6-2-4-13(10-19)18-16(20)15-11-21-7-8-22-15/h1,3,5,9,13,15H,2,4,6-8,10-11H2,(H,18,20)/t13-,15+/m1/s1. The van der Waals surface area contributed by atoms with E-state index in [1.807, 2.05) is 6.07 Å². The van der Waals surface area contributed by atoms with Crippen molar-refractivity contribution in [2.24, 2.45) is 0 Å². The number of amides is 1. The Morgan fingerprint density at radius 1 is 1.36 bits per heavy atom. The van der Waals surface area contributed by atoms with E-state index in [0.29, 0.717) is 26.4 Å². The topological polar surface area (TPSA) is 50.8 Å². The highest BCUT2D eigenvalue weighted by Crippen LogP contribution is 2.21. The first kappa shape index (κ1) is 15.2. The molecular formula is C16H21FN2O3. The van der Waals surface area contributed by atoms with Crippen molar-refractivity contribution >= 4 is 11.6 Å². The Morgan fingerprint density at radius 3 is 3.05 bits per heavy atom. The Bertz CT molecular complexity index is 520. The number of ether oxygens (including phenoxy) is 2. The second-order valence-corrected chi connectivity index (χ2v) is 5.71. The van der Waals surface area contributed by atoms with Crippen molar-refractivity contribution in [1.29, 1.82) is 0 Å². The van der Waals surface area contributed by atoms with E-state index in [0.717, 1.165) is 25.1 Å². The zero-order valence-electron chi connectivity index (χ0n) is 12.5. The fraction of sp³-hybridized carbons (Fsp3) is 0.562. The zero-order valence-corrected chi connectivity index (χ0v) is 12.5. The lowest BCUT2D eigenvalue weighted by Crippen LogP contribution is -2.52. The summed E-state index contributed by atoms with van der Waals surface area (Å²) < 4.78 is 24.0. The van der Waals surface area contributed by atoms with Gasteiger partial charge in [0.05, 0.1) is 19.8 Å². The molecule has 3 rings (SSSR count). The molecule has 1 N–H and O–H groups in total. The summed E-state index contributed by atoms with van der Waals surface area (Å²) in [5, 5.41) is 3.02. The third-order valence-corrected chi connectivity index (χ3v) is 4.05. The average Bonchev–Trinajstić information content (AvgIpc) is 2.56. The van der Waals surface area contributed by atoms with Gasteiger partial charge in [0, 0.05) is 24.8 Å². The van der Waals surface area contributed by atoms with Crippen molar-refractivity contribution in [2.75, 3.05) is 37.8 Å². The molecule has 5 nitrogen and oxygen atoms in total. The number of carbonyl (C=O) groups excluding carboxylic acids is 1. The molecule has 0 bridgehead atoms. The van der Waals surface area contributed by atoms with Gasteiger partial charge in [-0.2, -0.15) is 0 Å². The minimum Gasteiger partial charge on any atom is -0.376 e. The fourth-order valence-corrected chi connectivity index (χ4v) is 2.94. The number of hydrogen-bond acceptors (Lipinski definition) is 4. The maximum atomic E-state index is 13.3. The van der Waals surface area contributed by atoms with Gasteiger partial charge in [0.2, 0.25) is 0 Å². The van der Waals surface area contributed by atoms with Gasteiger partial charge in [-0.05, 0) is 31.0 Å². The first-order valence-electron chi connectivity index (χ1n) is 7.72. The van der Waals surface area contributed by atoms with Gasteiger partial charge < -0.3 is 19.7 Å². The number of nitrogens with zero attached hydrogens (tertiary/aromatic N) is 1. The Labute approximate surface area is 129 Å². The summed E-state index contributed by atoms with van der Waals surface area (Å²) >= 11 is 0. The molecule has 0 unspecified atom stereocenters. The molecule has 0 aromatic heterocycles. The van der Waals surface area contributed by atoms with Gasteiger partial charge >= 0.3 is 0 Å². The van der Waals surface area contributed by atoms with E-state index >= 15 is 0 Å². The number of piperidine rings is 1. The largest absolute Gasteiger partial charge is 0.376 e. The van der Waals surface area contributed by atoms with Gasteiger partial charge in [-0.15, -0.1) is 0 Å². The van der Waals surface area contributed by atoms with Gasteiger partial charge in [-0.25, -0.2) is 4.39 Å². The highest BCUT2D eigenvalue weighted by molar-refractivity contribution is 5.81. The number of benzene rings is 1. The van der Waals surface area contributed by atoms with Crippen LogP contribution >= 0.6 is 0 Å². The number of rotatable bonds is 3. The molecule has 1 aromatic rings. The smallest absolute Gasteiger partial charge is 0.251 e. The molecular weight excluding hydrogens is 287 g/mol. The second kappa shape index (κ2) is 7.07. The van der Waals surface area contributed by atoms with Crippen LogP contribution in [0.25, 0.3) is 0 Å². The minimum atomic E-state index is -0.515. The lowest BCUT2D eigenvalue weighted by molar-refractivity contribution is -0.148. The van der Waals surface area contributed by atoms with Crippen LogP contribution in [0.3, 0.4) is 0 Å². The Kier molecular flexibility index (Phi) is 4.90. The molecule has 0 spiro atoms. The Balaban J connectivity index is 1.57. The first-order chi connectivity index (χ1) is 10.7. The lowest BCUT2D eigenvalue weighted by atomic mass is 10.0. The van der Waals surface area contributed by atoms with Crippen LogP contribution in [-0.2, 0) is 14.3 Å². The van der Waals surface area contributed by atoms with Gasteiger partial charge in [0.25, 0.3) is 5.91 Å². The SMILES string of the molecule is O=C(N[C@@H]1CCCN(c2cccc(F)c2)C1)[C@@H]1COCCO1. The number of nitrogens with one attached hydrogen (secondary N) is 1. The van der Waals surface area contributed by atoms with Crippen molar-refractivity contribution in [2.45, 2.75) is 25.0 Å². The molecule has 6 heteroatoms. The third kappa shape index (κ3) is 3.75. The molecule has 2 fully saturated rings. The van der Waals surface area contributed by atoms with E-state index in [1.165, 1.54) is 12.1 Å². The molecule has 0 aliphatic carbocycles. The van der Waals surface area contributed by atoms with Crippen LogP contribution in [-0.4, -0.2) is 51.0 Å². The van der Waals surface area contributed by atoms with Gasteiger partial charge in [-0.1, -0.05) is 6.07 Å². The number of halogens is 1. The molecule has 1 aromatic carbocycles. The summed E-state index contributed by atoms with van der Waals surface area (Å²) in [5.74, 6) is -0.359. The van der Waals surface area contributed by atoms with Crippen molar-refractivity contribution < 1.29 is 18.7 Å². The molecule has 2 heterocycles. The number of hydrogen-bond donors (Lipinski definition) is 1. The predicted octanol–water partition coefficient (Wildman–Crippen LogP) is 1.33. The zero-order chi connectivity index (χ0) is 15.4. The van der Waals surface area contributed by atoms with E-state index in [2.05, 4.69) is 10.2 Å².